The van der Waals surface area contributed by atoms with Gasteiger partial charge in [-0.3, -0.25) is 0 Å². The summed E-state index contributed by atoms with van der Waals surface area (Å²) in [6, 6.07) is 6.15. The summed E-state index contributed by atoms with van der Waals surface area (Å²) in [5.41, 5.74) is 0. The Kier molecular flexibility index (Phi) is 5.41. The second kappa shape index (κ2) is 6.81. The second-order valence-electron chi connectivity index (χ2n) is 4.48. The third kappa shape index (κ3) is 4.48. The van der Waals surface area contributed by atoms with E-state index in [0.717, 1.165) is 20.8 Å². The molecule has 0 aliphatic carbocycles. The minimum absolute atomic E-state index is 0.0170. The Morgan fingerprint density at radius 2 is 1.83 bits per heavy atom. The van der Waals surface area contributed by atoms with E-state index >= 15 is 0 Å². The maximum atomic E-state index is 12.6. The molecule has 0 spiro atoms. The van der Waals surface area contributed by atoms with Gasteiger partial charge in [0.25, 0.3) is 0 Å². The van der Waals surface area contributed by atoms with E-state index in [9.17, 15) is 21.6 Å². The number of halogens is 4. The SMILES string of the molecule is Cn1c(SCCS(=O)(=O)c2ccc(Br)cc2)nnc1C(F)(F)F. The summed E-state index contributed by atoms with van der Waals surface area (Å²) in [4.78, 5) is 0.162. The molecule has 0 amide bonds. The molecule has 0 bridgehead atoms. The van der Waals surface area contributed by atoms with Gasteiger partial charge in [-0.05, 0) is 24.3 Å². The molecule has 0 radical (unpaired) electrons. The lowest BCUT2D eigenvalue weighted by Gasteiger charge is -2.07. The number of rotatable bonds is 5. The van der Waals surface area contributed by atoms with Crippen molar-refractivity contribution in [3.05, 3.63) is 34.6 Å². The molecule has 0 saturated heterocycles. The van der Waals surface area contributed by atoms with Gasteiger partial charge in [0.05, 0.1) is 10.6 Å². The number of sulfone groups is 1. The zero-order chi connectivity index (χ0) is 17.3. The van der Waals surface area contributed by atoms with Gasteiger partial charge >= 0.3 is 6.18 Å². The molecule has 0 unspecified atom stereocenters. The monoisotopic (exact) mass is 429 g/mol. The number of alkyl halides is 3. The maximum Gasteiger partial charge on any atom is 0.451 e. The highest BCUT2D eigenvalue weighted by Gasteiger charge is 2.37. The van der Waals surface area contributed by atoms with Crippen molar-refractivity contribution in [3.8, 4) is 0 Å². The zero-order valence-corrected chi connectivity index (χ0v) is 14.9. The number of benzene rings is 1. The van der Waals surface area contributed by atoms with Crippen LogP contribution in [0.2, 0.25) is 0 Å². The number of hydrogen-bond donors (Lipinski definition) is 0. The van der Waals surface area contributed by atoms with Crippen molar-refractivity contribution >= 4 is 37.5 Å². The van der Waals surface area contributed by atoms with Crippen LogP contribution in [0.1, 0.15) is 5.82 Å². The van der Waals surface area contributed by atoms with Crippen LogP contribution in [0, 0.1) is 0 Å². The van der Waals surface area contributed by atoms with Gasteiger partial charge in [-0.1, -0.05) is 27.7 Å². The fourth-order valence-corrected chi connectivity index (χ4v) is 4.51. The third-order valence-electron chi connectivity index (χ3n) is 2.84. The highest BCUT2D eigenvalue weighted by Crippen LogP contribution is 2.29. The third-order valence-corrected chi connectivity index (χ3v) is 6.39. The van der Waals surface area contributed by atoms with Crippen LogP contribution in [-0.2, 0) is 23.1 Å². The Morgan fingerprint density at radius 3 is 2.35 bits per heavy atom. The molecule has 0 saturated carbocycles. The summed E-state index contributed by atoms with van der Waals surface area (Å²) in [5.74, 6) is -1.26. The Labute approximate surface area is 143 Å². The number of thioether (sulfide) groups is 1. The minimum Gasteiger partial charge on any atom is -0.302 e. The number of nitrogens with zero attached hydrogens (tertiary/aromatic N) is 3. The largest absolute Gasteiger partial charge is 0.451 e. The van der Waals surface area contributed by atoms with Crippen LogP contribution in [-0.4, -0.2) is 34.7 Å². The van der Waals surface area contributed by atoms with Crippen molar-refractivity contribution in [3.63, 3.8) is 0 Å². The summed E-state index contributed by atoms with van der Waals surface area (Å²) in [5, 5.41) is 6.54. The van der Waals surface area contributed by atoms with Gasteiger partial charge in [0.1, 0.15) is 0 Å². The number of aromatic nitrogens is 3. The summed E-state index contributed by atoms with van der Waals surface area (Å²) >= 11 is 4.12. The maximum absolute atomic E-state index is 12.6. The van der Waals surface area contributed by atoms with Crippen LogP contribution in [0.3, 0.4) is 0 Å². The van der Waals surface area contributed by atoms with Crippen molar-refractivity contribution in [2.75, 3.05) is 11.5 Å². The van der Waals surface area contributed by atoms with Gasteiger partial charge in [-0.25, -0.2) is 8.42 Å². The molecule has 1 heterocycles. The van der Waals surface area contributed by atoms with E-state index in [2.05, 4.69) is 26.1 Å². The van der Waals surface area contributed by atoms with E-state index in [0.29, 0.717) is 0 Å². The van der Waals surface area contributed by atoms with Gasteiger partial charge in [0.15, 0.2) is 15.0 Å². The van der Waals surface area contributed by atoms with E-state index in [1.807, 2.05) is 0 Å². The first-order chi connectivity index (χ1) is 10.6. The van der Waals surface area contributed by atoms with E-state index in [4.69, 9.17) is 0 Å². The van der Waals surface area contributed by atoms with Crippen LogP contribution in [0.15, 0.2) is 38.8 Å². The second-order valence-corrected chi connectivity index (χ2v) is 8.57. The van der Waals surface area contributed by atoms with Crippen molar-refractivity contribution in [1.82, 2.24) is 14.8 Å². The summed E-state index contributed by atoms with van der Waals surface area (Å²) in [7, 11) is -2.31. The summed E-state index contributed by atoms with van der Waals surface area (Å²) in [6.07, 6.45) is -4.59. The lowest BCUT2D eigenvalue weighted by atomic mass is 10.4. The van der Waals surface area contributed by atoms with Gasteiger partial charge in [0.2, 0.25) is 5.82 Å². The molecule has 0 N–H and O–H groups in total. The lowest BCUT2D eigenvalue weighted by Crippen LogP contribution is -2.13. The fourth-order valence-electron chi connectivity index (χ4n) is 1.69. The molecule has 1 aromatic heterocycles. The normalized spacial score (nSPS) is 12.6. The van der Waals surface area contributed by atoms with Crippen LogP contribution < -0.4 is 0 Å². The molecule has 5 nitrogen and oxygen atoms in total. The molecular weight excluding hydrogens is 419 g/mol. The summed E-state index contributed by atoms with van der Waals surface area (Å²) < 4.78 is 63.6. The summed E-state index contributed by atoms with van der Waals surface area (Å²) in [6.45, 7) is 0. The first kappa shape index (κ1) is 18.3. The molecule has 11 heteroatoms. The molecule has 0 aliphatic rings. The van der Waals surface area contributed by atoms with Gasteiger partial charge in [-0.2, -0.15) is 13.2 Å². The molecule has 0 fully saturated rings. The Bertz CT molecular complexity index is 789. The number of hydrogen-bond acceptors (Lipinski definition) is 5. The minimum atomic E-state index is -4.59. The van der Waals surface area contributed by atoms with Gasteiger partial charge < -0.3 is 4.57 Å². The molecule has 2 aromatic rings. The van der Waals surface area contributed by atoms with Crippen LogP contribution in [0.5, 0.6) is 0 Å². The average Bonchev–Trinajstić information content (AvgIpc) is 2.80. The Morgan fingerprint density at radius 1 is 1.22 bits per heavy atom. The first-order valence-electron chi connectivity index (χ1n) is 6.19. The average molecular weight is 430 g/mol. The van der Waals surface area contributed by atoms with Gasteiger partial charge in [0, 0.05) is 17.3 Å². The van der Waals surface area contributed by atoms with Crippen LogP contribution in [0.4, 0.5) is 13.2 Å². The quantitative estimate of drug-likeness (QED) is 0.682. The van der Waals surface area contributed by atoms with Crippen molar-refractivity contribution in [2.45, 2.75) is 16.2 Å². The molecule has 1 aromatic carbocycles. The van der Waals surface area contributed by atoms with Crippen LogP contribution >= 0.6 is 27.7 Å². The molecular formula is C12H11BrF3N3O2S2. The Hall–Kier alpha value is -1.07. The molecule has 23 heavy (non-hydrogen) atoms. The van der Waals surface area contributed by atoms with Crippen molar-refractivity contribution in [2.24, 2.45) is 7.05 Å². The van der Waals surface area contributed by atoms with Crippen molar-refractivity contribution in [1.29, 1.82) is 0 Å². The highest BCUT2D eigenvalue weighted by atomic mass is 79.9. The first-order valence-corrected chi connectivity index (χ1v) is 9.62. The van der Waals surface area contributed by atoms with E-state index in [-0.39, 0.29) is 21.6 Å². The lowest BCUT2D eigenvalue weighted by molar-refractivity contribution is -0.147. The van der Waals surface area contributed by atoms with E-state index in [1.165, 1.54) is 19.2 Å². The zero-order valence-electron chi connectivity index (χ0n) is 11.7. The van der Waals surface area contributed by atoms with E-state index in [1.54, 1.807) is 12.1 Å². The molecule has 2 rings (SSSR count). The standard InChI is InChI=1S/C12H11BrF3N3O2S2/c1-19-10(12(14,15)16)17-18-11(19)22-6-7-23(20,21)9-4-2-8(13)3-5-9/h2-5H,6-7H2,1H3. The smallest absolute Gasteiger partial charge is 0.302 e. The molecule has 126 valence electrons. The topological polar surface area (TPSA) is 64.8 Å². The van der Waals surface area contributed by atoms with Crippen molar-refractivity contribution < 1.29 is 21.6 Å². The highest BCUT2D eigenvalue weighted by molar-refractivity contribution is 9.10. The molecule has 0 aliphatic heterocycles. The van der Waals surface area contributed by atoms with E-state index < -0.39 is 21.8 Å². The Balaban J connectivity index is 2.02. The van der Waals surface area contributed by atoms with Gasteiger partial charge in [-0.15, -0.1) is 10.2 Å². The molecule has 0 atom stereocenters. The predicted octanol–water partition coefficient (Wildman–Crippen LogP) is 3.16. The fraction of sp³-hybridized carbons (Fsp3) is 0.333. The predicted molar refractivity (Wildman–Crippen MR) is 82.9 cm³/mol. The van der Waals surface area contributed by atoms with Crippen LogP contribution in [0.25, 0.3) is 0 Å².